The van der Waals surface area contributed by atoms with Gasteiger partial charge in [-0.1, -0.05) is 14.4 Å². The molecule has 0 heterocycles. The van der Waals surface area contributed by atoms with Gasteiger partial charge in [-0.25, -0.2) is 5.48 Å². The molecule has 0 aliphatic rings. The van der Waals surface area contributed by atoms with E-state index in [-0.39, 0.29) is 7.43 Å². The monoisotopic (exact) mass is 162 g/mol. The van der Waals surface area contributed by atoms with Crippen LogP contribution in [0.2, 0.25) is 0 Å². The summed E-state index contributed by atoms with van der Waals surface area (Å²) in [6.07, 6.45) is 2.30. The largest absolute Gasteiger partial charge is 0.330 e. The third-order valence-corrected chi connectivity index (χ3v) is 1.52. The van der Waals surface area contributed by atoms with Crippen molar-refractivity contribution in [2.24, 2.45) is 11.7 Å². The van der Waals surface area contributed by atoms with Gasteiger partial charge in [-0.2, -0.15) is 0 Å². The van der Waals surface area contributed by atoms with Gasteiger partial charge in [0.05, 0.1) is 7.11 Å². The molecule has 0 aliphatic heterocycles. The SMILES string of the molecule is C.CONCCCC(C)CN. The zero-order valence-corrected chi connectivity index (χ0v) is 6.89. The summed E-state index contributed by atoms with van der Waals surface area (Å²) in [6, 6.07) is 0. The Kier molecular flexibility index (Phi) is 12.1. The minimum atomic E-state index is 0. The lowest BCUT2D eigenvalue weighted by Crippen LogP contribution is -2.16. The van der Waals surface area contributed by atoms with E-state index in [9.17, 15) is 0 Å². The normalized spacial score (nSPS) is 12.3. The molecule has 0 aromatic rings. The van der Waals surface area contributed by atoms with Crippen LogP contribution in [0.25, 0.3) is 0 Å². The van der Waals surface area contributed by atoms with Crippen molar-refractivity contribution in [1.29, 1.82) is 0 Å². The molecule has 0 aromatic carbocycles. The molecule has 0 saturated heterocycles. The quantitative estimate of drug-likeness (QED) is 0.455. The van der Waals surface area contributed by atoms with E-state index < -0.39 is 0 Å². The number of hydroxylamine groups is 1. The van der Waals surface area contributed by atoms with Gasteiger partial charge in [0.2, 0.25) is 0 Å². The van der Waals surface area contributed by atoms with Crippen LogP contribution in [0.1, 0.15) is 27.2 Å². The van der Waals surface area contributed by atoms with E-state index in [0.717, 1.165) is 19.5 Å². The summed E-state index contributed by atoms with van der Waals surface area (Å²) in [6.45, 7) is 3.86. The van der Waals surface area contributed by atoms with Crippen LogP contribution in [0.3, 0.4) is 0 Å². The second-order valence-corrected chi connectivity index (χ2v) is 2.58. The number of nitrogens with one attached hydrogen (secondary N) is 1. The van der Waals surface area contributed by atoms with Crippen LogP contribution in [-0.4, -0.2) is 20.2 Å². The summed E-state index contributed by atoms with van der Waals surface area (Å²) >= 11 is 0. The van der Waals surface area contributed by atoms with E-state index in [4.69, 9.17) is 5.73 Å². The van der Waals surface area contributed by atoms with Crippen molar-refractivity contribution >= 4 is 0 Å². The molecule has 0 amide bonds. The van der Waals surface area contributed by atoms with Crippen LogP contribution in [0.15, 0.2) is 0 Å². The zero-order valence-electron chi connectivity index (χ0n) is 6.89. The van der Waals surface area contributed by atoms with E-state index in [1.54, 1.807) is 7.11 Å². The first kappa shape index (κ1) is 13.5. The lowest BCUT2D eigenvalue weighted by Gasteiger charge is -2.06. The van der Waals surface area contributed by atoms with Gasteiger partial charge < -0.3 is 10.6 Å². The highest BCUT2D eigenvalue weighted by Gasteiger charge is 1.96. The maximum Gasteiger partial charge on any atom is 0.0572 e. The summed E-state index contributed by atoms with van der Waals surface area (Å²) in [4.78, 5) is 4.68. The van der Waals surface area contributed by atoms with Gasteiger partial charge in [-0.05, 0) is 25.3 Å². The average Bonchev–Trinajstić information content (AvgIpc) is 1.98. The van der Waals surface area contributed by atoms with E-state index in [1.807, 2.05) is 0 Å². The first-order valence-electron chi connectivity index (χ1n) is 3.77. The lowest BCUT2D eigenvalue weighted by molar-refractivity contribution is 0.0898. The molecule has 0 radical (unpaired) electrons. The number of nitrogens with two attached hydrogens (primary N) is 1. The van der Waals surface area contributed by atoms with Crippen molar-refractivity contribution in [3.63, 3.8) is 0 Å². The molecule has 1 unspecified atom stereocenters. The summed E-state index contributed by atoms with van der Waals surface area (Å²) in [5.74, 6) is 0.638. The molecule has 0 spiro atoms. The topological polar surface area (TPSA) is 47.3 Å². The zero-order chi connectivity index (χ0) is 7.82. The second kappa shape index (κ2) is 9.88. The molecule has 0 bridgehead atoms. The van der Waals surface area contributed by atoms with E-state index in [2.05, 4.69) is 17.2 Å². The van der Waals surface area contributed by atoms with Crippen LogP contribution in [0, 0.1) is 5.92 Å². The Morgan fingerprint density at radius 1 is 1.55 bits per heavy atom. The van der Waals surface area contributed by atoms with Gasteiger partial charge >= 0.3 is 0 Å². The molecule has 0 rings (SSSR count). The van der Waals surface area contributed by atoms with Crippen LogP contribution in [-0.2, 0) is 4.84 Å². The van der Waals surface area contributed by atoms with E-state index >= 15 is 0 Å². The van der Waals surface area contributed by atoms with Gasteiger partial charge in [0.1, 0.15) is 0 Å². The highest BCUT2D eigenvalue weighted by atomic mass is 16.6. The molecule has 0 fully saturated rings. The third kappa shape index (κ3) is 9.88. The van der Waals surface area contributed by atoms with Gasteiger partial charge in [-0.15, -0.1) is 0 Å². The van der Waals surface area contributed by atoms with Crippen molar-refractivity contribution in [2.75, 3.05) is 20.2 Å². The molecule has 0 aromatic heterocycles. The highest BCUT2D eigenvalue weighted by molar-refractivity contribution is 4.52. The van der Waals surface area contributed by atoms with Crippen LogP contribution in [0.5, 0.6) is 0 Å². The third-order valence-electron chi connectivity index (χ3n) is 1.52. The summed E-state index contributed by atoms with van der Waals surface area (Å²) in [7, 11) is 1.63. The minimum absolute atomic E-state index is 0. The van der Waals surface area contributed by atoms with Gasteiger partial charge in [0.15, 0.2) is 0 Å². The first-order valence-corrected chi connectivity index (χ1v) is 3.77. The van der Waals surface area contributed by atoms with Crippen molar-refractivity contribution in [3.05, 3.63) is 0 Å². The summed E-state index contributed by atoms with van der Waals surface area (Å²) in [5, 5.41) is 0. The molecule has 1 atom stereocenters. The van der Waals surface area contributed by atoms with E-state index in [1.165, 1.54) is 6.42 Å². The molecule has 0 aliphatic carbocycles. The van der Waals surface area contributed by atoms with E-state index in [0.29, 0.717) is 5.92 Å². The molecule has 11 heavy (non-hydrogen) atoms. The predicted octanol–water partition coefficient (Wildman–Crippen LogP) is 1.15. The Morgan fingerprint density at radius 2 is 2.18 bits per heavy atom. The molecule has 3 nitrogen and oxygen atoms in total. The maximum atomic E-state index is 5.44. The highest BCUT2D eigenvalue weighted by Crippen LogP contribution is 2.01. The van der Waals surface area contributed by atoms with Crippen LogP contribution in [0.4, 0.5) is 0 Å². The number of hydrogen-bond acceptors (Lipinski definition) is 3. The molecule has 3 N–H and O–H groups in total. The van der Waals surface area contributed by atoms with Crippen molar-refractivity contribution in [2.45, 2.75) is 27.2 Å². The van der Waals surface area contributed by atoms with Crippen LogP contribution >= 0.6 is 0 Å². The Balaban J connectivity index is 0. The minimum Gasteiger partial charge on any atom is -0.330 e. The van der Waals surface area contributed by atoms with Crippen molar-refractivity contribution in [1.82, 2.24) is 5.48 Å². The molecule has 0 saturated carbocycles. The molecular weight excluding hydrogens is 140 g/mol. The van der Waals surface area contributed by atoms with Gasteiger partial charge in [0, 0.05) is 6.54 Å². The van der Waals surface area contributed by atoms with Crippen LogP contribution < -0.4 is 11.2 Å². The molecule has 3 heteroatoms. The second-order valence-electron chi connectivity index (χ2n) is 2.58. The summed E-state index contributed by atoms with van der Waals surface area (Å²) < 4.78 is 0. The maximum absolute atomic E-state index is 5.44. The lowest BCUT2D eigenvalue weighted by atomic mass is 10.1. The Labute approximate surface area is 70.3 Å². The molecular formula is C8H22N2O. The Bertz CT molecular complexity index is 69.1. The fourth-order valence-electron chi connectivity index (χ4n) is 0.743. The fourth-order valence-corrected chi connectivity index (χ4v) is 0.743. The standard InChI is InChI=1S/C7H18N2O.CH4/c1-7(6-8)4-3-5-9-10-2;/h7,9H,3-6,8H2,1-2H3;1H4. The number of hydrogen-bond donors (Lipinski definition) is 2. The van der Waals surface area contributed by atoms with Crippen molar-refractivity contribution < 1.29 is 4.84 Å². The van der Waals surface area contributed by atoms with Crippen molar-refractivity contribution in [3.8, 4) is 0 Å². The molecule has 70 valence electrons. The first-order chi connectivity index (χ1) is 4.81. The smallest absolute Gasteiger partial charge is 0.0572 e. The Hall–Kier alpha value is -0.120. The van der Waals surface area contributed by atoms with Gasteiger partial charge in [0.25, 0.3) is 0 Å². The average molecular weight is 162 g/mol. The number of rotatable bonds is 6. The Morgan fingerprint density at radius 3 is 2.64 bits per heavy atom. The fraction of sp³-hybridized carbons (Fsp3) is 1.00. The van der Waals surface area contributed by atoms with Gasteiger partial charge in [-0.3, -0.25) is 0 Å². The summed E-state index contributed by atoms with van der Waals surface area (Å²) in [5.41, 5.74) is 8.22. The predicted molar refractivity (Wildman–Crippen MR) is 49.2 cm³/mol.